The van der Waals surface area contributed by atoms with E-state index in [0.717, 1.165) is 22.4 Å². The lowest BCUT2D eigenvalue weighted by atomic mass is 10.3. The second kappa shape index (κ2) is 4.80. The van der Waals surface area contributed by atoms with Gasteiger partial charge in [-0.1, -0.05) is 0 Å². The molecular formula is C10H11BrN4S. The highest BCUT2D eigenvalue weighted by atomic mass is 79.9. The highest BCUT2D eigenvalue weighted by molar-refractivity contribution is 9.10. The van der Waals surface area contributed by atoms with Crippen molar-refractivity contribution in [1.29, 1.82) is 0 Å². The molecule has 6 heteroatoms. The average Bonchev–Trinajstić information content (AvgIpc) is 2.66. The Labute approximate surface area is 106 Å². The molecule has 0 fully saturated rings. The number of aryl methyl sites for hydroxylation is 1. The number of hydrogen-bond acceptors (Lipinski definition) is 5. The van der Waals surface area contributed by atoms with Gasteiger partial charge < -0.3 is 11.1 Å². The standard InChI is InChI=1S/C10H11BrN4S/c1-6-3-14-10(12)15-9(6)13-4-8-2-7(11)5-16-8/h2-3,5H,4H2,1H3,(H3,12,13,14,15). The molecule has 0 aliphatic carbocycles. The van der Waals surface area contributed by atoms with Gasteiger partial charge in [0.05, 0.1) is 6.54 Å². The van der Waals surface area contributed by atoms with E-state index < -0.39 is 0 Å². The first-order valence-corrected chi connectivity index (χ1v) is 6.38. The molecule has 0 atom stereocenters. The topological polar surface area (TPSA) is 63.8 Å². The van der Waals surface area contributed by atoms with Crippen molar-refractivity contribution < 1.29 is 0 Å². The molecule has 0 saturated heterocycles. The SMILES string of the molecule is Cc1cnc(N)nc1NCc1cc(Br)cs1. The molecule has 2 aromatic heterocycles. The first kappa shape index (κ1) is 11.3. The van der Waals surface area contributed by atoms with E-state index in [1.165, 1.54) is 4.88 Å². The van der Waals surface area contributed by atoms with Crippen LogP contribution in [0.1, 0.15) is 10.4 Å². The molecule has 84 valence electrons. The van der Waals surface area contributed by atoms with Gasteiger partial charge in [-0.25, -0.2) is 4.98 Å². The maximum atomic E-state index is 5.53. The van der Waals surface area contributed by atoms with E-state index in [4.69, 9.17) is 5.73 Å². The third kappa shape index (κ3) is 2.70. The van der Waals surface area contributed by atoms with Crippen molar-refractivity contribution in [3.8, 4) is 0 Å². The van der Waals surface area contributed by atoms with Gasteiger partial charge in [0.2, 0.25) is 5.95 Å². The Morgan fingerprint density at radius 1 is 1.56 bits per heavy atom. The van der Waals surface area contributed by atoms with E-state index >= 15 is 0 Å². The van der Waals surface area contributed by atoms with Crippen LogP contribution in [-0.2, 0) is 6.54 Å². The maximum Gasteiger partial charge on any atom is 0.221 e. The van der Waals surface area contributed by atoms with Gasteiger partial charge in [-0.3, -0.25) is 0 Å². The summed E-state index contributed by atoms with van der Waals surface area (Å²) in [6, 6.07) is 2.08. The number of nitrogens with one attached hydrogen (secondary N) is 1. The molecule has 0 saturated carbocycles. The van der Waals surface area contributed by atoms with Crippen LogP contribution in [0.2, 0.25) is 0 Å². The first-order valence-electron chi connectivity index (χ1n) is 4.71. The fourth-order valence-electron chi connectivity index (χ4n) is 1.25. The number of nitrogens with two attached hydrogens (primary N) is 1. The van der Waals surface area contributed by atoms with Crippen LogP contribution >= 0.6 is 27.3 Å². The lowest BCUT2D eigenvalue weighted by molar-refractivity contribution is 1.08. The molecule has 2 aromatic rings. The van der Waals surface area contributed by atoms with Crippen LogP contribution in [0.5, 0.6) is 0 Å². The minimum absolute atomic E-state index is 0.292. The van der Waals surface area contributed by atoms with Crippen LogP contribution < -0.4 is 11.1 Å². The highest BCUT2D eigenvalue weighted by Gasteiger charge is 2.02. The number of halogens is 1. The summed E-state index contributed by atoms with van der Waals surface area (Å²) in [4.78, 5) is 9.30. The largest absolute Gasteiger partial charge is 0.368 e. The van der Waals surface area contributed by atoms with Crippen LogP contribution in [0.4, 0.5) is 11.8 Å². The number of thiophene rings is 1. The van der Waals surface area contributed by atoms with Crippen LogP contribution in [0, 0.1) is 6.92 Å². The van der Waals surface area contributed by atoms with E-state index in [1.54, 1.807) is 17.5 Å². The van der Waals surface area contributed by atoms with Crippen molar-refractivity contribution in [2.24, 2.45) is 0 Å². The van der Waals surface area contributed by atoms with Crippen LogP contribution in [0.25, 0.3) is 0 Å². The lowest BCUT2D eigenvalue weighted by Gasteiger charge is -2.06. The van der Waals surface area contributed by atoms with Crippen molar-refractivity contribution in [3.63, 3.8) is 0 Å². The minimum atomic E-state index is 0.292. The Balaban J connectivity index is 2.07. The number of nitrogens with zero attached hydrogens (tertiary/aromatic N) is 2. The zero-order chi connectivity index (χ0) is 11.5. The Hall–Kier alpha value is -1.14. The van der Waals surface area contributed by atoms with Crippen molar-refractivity contribution in [2.75, 3.05) is 11.1 Å². The predicted molar refractivity (Wildman–Crippen MR) is 70.5 cm³/mol. The molecule has 0 radical (unpaired) electrons. The quantitative estimate of drug-likeness (QED) is 0.914. The second-order valence-corrected chi connectivity index (χ2v) is 5.26. The molecule has 0 amide bonds. The molecule has 0 aliphatic rings. The minimum Gasteiger partial charge on any atom is -0.368 e. The number of hydrogen-bond donors (Lipinski definition) is 2. The van der Waals surface area contributed by atoms with Crippen LogP contribution in [0.3, 0.4) is 0 Å². The highest BCUT2D eigenvalue weighted by Crippen LogP contribution is 2.21. The second-order valence-electron chi connectivity index (χ2n) is 3.34. The lowest BCUT2D eigenvalue weighted by Crippen LogP contribution is -2.05. The van der Waals surface area contributed by atoms with Gasteiger partial charge in [0.1, 0.15) is 5.82 Å². The summed E-state index contributed by atoms with van der Waals surface area (Å²) in [6.07, 6.45) is 1.72. The molecule has 4 nitrogen and oxygen atoms in total. The molecule has 0 unspecified atom stereocenters. The zero-order valence-corrected chi connectivity index (χ0v) is 11.1. The van der Waals surface area contributed by atoms with Gasteiger partial charge in [0.25, 0.3) is 0 Å². The zero-order valence-electron chi connectivity index (χ0n) is 8.70. The van der Waals surface area contributed by atoms with Gasteiger partial charge in [-0.05, 0) is 28.9 Å². The number of aromatic nitrogens is 2. The molecule has 0 aromatic carbocycles. The van der Waals surface area contributed by atoms with Crippen molar-refractivity contribution >= 4 is 39.0 Å². The predicted octanol–water partition coefficient (Wildman–Crippen LogP) is 2.80. The monoisotopic (exact) mass is 298 g/mol. The van der Waals surface area contributed by atoms with E-state index in [-0.39, 0.29) is 0 Å². The molecule has 0 aliphatic heterocycles. The maximum absolute atomic E-state index is 5.53. The summed E-state index contributed by atoms with van der Waals surface area (Å²) in [6.45, 7) is 2.69. The summed E-state index contributed by atoms with van der Waals surface area (Å²) in [5, 5.41) is 5.30. The van der Waals surface area contributed by atoms with Crippen LogP contribution in [0.15, 0.2) is 22.1 Å². The van der Waals surface area contributed by atoms with Crippen LogP contribution in [-0.4, -0.2) is 9.97 Å². The van der Waals surface area contributed by atoms with Gasteiger partial charge in [-0.15, -0.1) is 11.3 Å². The molecule has 0 spiro atoms. The Kier molecular flexibility index (Phi) is 3.40. The Morgan fingerprint density at radius 2 is 2.38 bits per heavy atom. The van der Waals surface area contributed by atoms with Crippen molar-refractivity contribution in [3.05, 3.63) is 32.6 Å². The van der Waals surface area contributed by atoms with Gasteiger partial charge in [-0.2, -0.15) is 4.98 Å². The van der Waals surface area contributed by atoms with Gasteiger partial charge in [0.15, 0.2) is 0 Å². The van der Waals surface area contributed by atoms with Crippen molar-refractivity contribution in [1.82, 2.24) is 9.97 Å². The molecule has 16 heavy (non-hydrogen) atoms. The molecule has 2 heterocycles. The molecule has 0 bridgehead atoms. The first-order chi connectivity index (χ1) is 7.65. The summed E-state index contributed by atoms with van der Waals surface area (Å²) in [5.74, 6) is 1.08. The third-order valence-corrected chi connectivity index (χ3v) is 3.74. The molecule has 3 N–H and O–H groups in total. The van der Waals surface area contributed by atoms with Gasteiger partial charge >= 0.3 is 0 Å². The smallest absolute Gasteiger partial charge is 0.221 e. The number of nitrogen functional groups attached to an aromatic ring is 1. The third-order valence-electron chi connectivity index (χ3n) is 2.04. The molecule has 2 rings (SSSR count). The van der Waals surface area contributed by atoms with E-state index in [0.29, 0.717) is 5.95 Å². The van der Waals surface area contributed by atoms with E-state index in [2.05, 4.69) is 42.7 Å². The van der Waals surface area contributed by atoms with Crippen molar-refractivity contribution in [2.45, 2.75) is 13.5 Å². The normalized spacial score (nSPS) is 10.4. The fourth-order valence-corrected chi connectivity index (χ4v) is 2.64. The summed E-state index contributed by atoms with van der Waals surface area (Å²) in [7, 11) is 0. The summed E-state index contributed by atoms with van der Waals surface area (Å²) < 4.78 is 1.10. The number of rotatable bonds is 3. The fraction of sp³-hybridized carbons (Fsp3) is 0.200. The number of anilines is 2. The van der Waals surface area contributed by atoms with E-state index in [1.807, 2.05) is 6.92 Å². The average molecular weight is 299 g/mol. The summed E-state index contributed by atoms with van der Waals surface area (Å²) in [5.41, 5.74) is 6.52. The Morgan fingerprint density at radius 3 is 3.06 bits per heavy atom. The summed E-state index contributed by atoms with van der Waals surface area (Å²) >= 11 is 5.12. The Bertz CT molecular complexity index is 497. The van der Waals surface area contributed by atoms with Gasteiger partial charge in [0, 0.05) is 26.5 Å². The molecular weight excluding hydrogens is 288 g/mol. The van der Waals surface area contributed by atoms with E-state index in [9.17, 15) is 0 Å².